The molecule has 1 atom stereocenters. The van der Waals surface area contributed by atoms with E-state index < -0.39 is 0 Å². The third-order valence-corrected chi connectivity index (χ3v) is 3.18. The number of hydrogen-bond donors (Lipinski definition) is 1. The van der Waals surface area contributed by atoms with Gasteiger partial charge in [0.05, 0.1) is 11.9 Å². The van der Waals surface area contributed by atoms with Crippen LogP contribution in [0.1, 0.15) is 36.7 Å². The van der Waals surface area contributed by atoms with E-state index in [2.05, 4.69) is 54.5 Å². The van der Waals surface area contributed by atoms with Crippen molar-refractivity contribution in [3.63, 3.8) is 0 Å². The van der Waals surface area contributed by atoms with Crippen molar-refractivity contribution in [2.24, 2.45) is 0 Å². The summed E-state index contributed by atoms with van der Waals surface area (Å²) in [6, 6.07) is 13.2. The van der Waals surface area contributed by atoms with E-state index in [9.17, 15) is 0 Å². The van der Waals surface area contributed by atoms with E-state index in [0.717, 1.165) is 17.8 Å². The van der Waals surface area contributed by atoms with Crippen molar-refractivity contribution in [1.29, 1.82) is 0 Å². The Morgan fingerprint density at radius 1 is 1.11 bits per heavy atom. The van der Waals surface area contributed by atoms with Crippen molar-refractivity contribution in [2.75, 3.05) is 5.32 Å². The molecule has 0 aliphatic rings. The number of aryl methyl sites for hydroxylation is 2. The van der Waals surface area contributed by atoms with Crippen molar-refractivity contribution in [3.05, 3.63) is 59.4 Å². The van der Waals surface area contributed by atoms with Crippen LogP contribution in [0.5, 0.6) is 0 Å². The van der Waals surface area contributed by atoms with E-state index in [4.69, 9.17) is 0 Å². The van der Waals surface area contributed by atoms with E-state index >= 15 is 0 Å². The van der Waals surface area contributed by atoms with Crippen LogP contribution in [0.4, 0.5) is 5.69 Å². The molecular formula is C16H20N2. The number of anilines is 1. The van der Waals surface area contributed by atoms with Crippen LogP contribution in [0.3, 0.4) is 0 Å². The van der Waals surface area contributed by atoms with Crippen LogP contribution >= 0.6 is 0 Å². The normalized spacial score (nSPS) is 12.2. The molecule has 2 rings (SSSR count). The molecule has 0 spiro atoms. The first-order chi connectivity index (χ1) is 8.69. The fourth-order valence-electron chi connectivity index (χ4n) is 1.93. The van der Waals surface area contributed by atoms with Gasteiger partial charge in [0.15, 0.2) is 0 Å². The highest BCUT2D eigenvalue weighted by Crippen LogP contribution is 2.19. The lowest BCUT2D eigenvalue weighted by molar-refractivity contribution is 0.880. The molecule has 0 radical (unpaired) electrons. The molecule has 94 valence electrons. The Hall–Kier alpha value is -1.83. The fraction of sp³-hybridized carbons (Fsp3) is 0.312. The van der Waals surface area contributed by atoms with E-state index in [1.165, 1.54) is 11.1 Å². The SMILES string of the molecule is CCc1ccc(C(C)Nc2ccc(C)nc2)cc1. The van der Waals surface area contributed by atoms with Crippen LogP contribution in [0, 0.1) is 6.92 Å². The Morgan fingerprint density at radius 3 is 2.39 bits per heavy atom. The Bertz CT molecular complexity index is 486. The Morgan fingerprint density at radius 2 is 1.83 bits per heavy atom. The number of hydrogen-bond acceptors (Lipinski definition) is 2. The third-order valence-electron chi connectivity index (χ3n) is 3.18. The summed E-state index contributed by atoms with van der Waals surface area (Å²) in [6.45, 7) is 6.34. The fourth-order valence-corrected chi connectivity index (χ4v) is 1.93. The third kappa shape index (κ3) is 3.10. The Kier molecular flexibility index (Phi) is 3.98. The molecular weight excluding hydrogens is 220 g/mol. The molecule has 0 aliphatic carbocycles. The lowest BCUT2D eigenvalue weighted by atomic mass is 10.0. The summed E-state index contributed by atoms with van der Waals surface area (Å²) in [4.78, 5) is 4.29. The second kappa shape index (κ2) is 5.67. The van der Waals surface area contributed by atoms with Gasteiger partial charge >= 0.3 is 0 Å². The van der Waals surface area contributed by atoms with Gasteiger partial charge in [0.25, 0.3) is 0 Å². The van der Waals surface area contributed by atoms with Gasteiger partial charge in [-0.1, -0.05) is 31.2 Å². The van der Waals surface area contributed by atoms with Crippen LogP contribution in [0.15, 0.2) is 42.6 Å². The highest BCUT2D eigenvalue weighted by Gasteiger charge is 2.05. The summed E-state index contributed by atoms with van der Waals surface area (Å²) in [5, 5.41) is 3.46. The standard InChI is InChI=1S/C16H20N2/c1-4-14-6-8-15(9-7-14)13(3)18-16-10-5-12(2)17-11-16/h5-11,13,18H,4H2,1-3H3. The summed E-state index contributed by atoms with van der Waals surface area (Å²) in [6.07, 6.45) is 2.97. The lowest BCUT2D eigenvalue weighted by Gasteiger charge is -2.16. The van der Waals surface area contributed by atoms with Gasteiger partial charge in [-0.05, 0) is 43.5 Å². The van der Waals surface area contributed by atoms with Crippen LogP contribution in [-0.2, 0) is 6.42 Å². The number of pyridine rings is 1. The molecule has 0 bridgehead atoms. The van der Waals surface area contributed by atoms with Crippen LogP contribution in [-0.4, -0.2) is 4.98 Å². The highest BCUT2D eigenvalue weighted by atomic mass is 14.9. The average Bonchev–Trinajstić information content (AvgIpc) is 2.41. The van der Waals surface area contributed by atoms with E-state index in [-0.39, 0.29) is 0 Å². The van der Waals surface area contributed by atoms with Gasteiger partial charge in [-0.2, -0.15) is 0 Å². The Labute approximate surface area is 109 Å². The second-order valence-corrected chi connectivity index (χ2v) is 4.65. The summed E-state index contributed by atoms with van der Waals surface area (Å²) in [5.74, 6) is 0. The van der Waals surface area contributed by atoms with Crippen molar-refractivity contribution < 1.29 is 0 Å². The zero-order chi connectivity index (χ0) is 13.0. The highest BCUT2D eigenvalue weighted by molar-refractivity contribution is 5.43. The molecule has 18 heavy (non-hydrogen) atoms. The van der Waals surface area contributed by atoms with Gasteiger partial charge in [0.2, 0.25) is 0 Å². The molecule has 1 aromatic heterocycles. The van der Waals surface area contributed by atoms with E-state index in [1.54, 1.807) is 0 Å². The Balaban J connectivity index is 2.06. The largest absolute Gasteiger partial charge is 0.377 e. The zero-order valence-electron chi connectivity index (χ0n) is 11.3. The number of aromatic nitrogens is 1. The lowest BCUT2D eigenvalue weighted by Crippen LogP contribution is -2.06. The first-order valence-corrected chi connectivity index (χ1v) is 6.47. The van der Waals surface area contributed by atoms with Crippen molar-refractivity contribution in [1.82, 2.24) is 4.98 Å². The van der Waals surface area contributed by atoms with Gasteiger partial charge < -0.3 is 5.32 Å². The maximum Gasteiger partial charge on any atom is 0.0531 e. The van der Waals surface area contributed by atoms with Gasteiger partial charge in [0, 0.05) is 11.7 Å². The van der Waals surface area contributed by atoms with E-state index in [1.807, 2.05) is 19.2 Å². The van der Waals surface area contributed by atoms with E-state index in [0.29, 0.717) is 6.04 Å². The first-order valence-electron chi connectivity index (χ1n) is 6.47. The molecule has 0 amide bonds. The monoisotopic (exact) mass is 240 g/mol. The van der Waals surface area contributed by atoms with Crippen molar-refractivity contribution >= 4 is 5.69 Å². The van der Waals surface area contributed by atoms with Gasteiger partial charge in [-0.15, -0.1) is 0 Å². The van der Waals surface area contributed by atoms with Gasteiger partial charge in [-0.3, -0.25) is 4.98 Å². The number of rotatable bonds is 4. The van der Waals surface area contributed by atoms with Crippen molar-refractivity contribution in [2.45, 2.75) is 33.2 Å². The molecule has 0 saturated carbocycles. The van der Waals surface area contributed by atoms with Crippen molar-refractivity contribution in [3.8, 4) is 0 Å². The molecule has 2 aromatic rings. The molecule has 2 nitrogen and oxygen atoms in total. The first kappa shape index (κ1) is 12.6. The summed E-state index contributed by atoms with van der Waals surface area (Å²) in [7, 11) is 0. The molecule has 1 heterocycles. The maximum atomic E-state index is 4.29. The molecule has 0 fully saturated rings. The predicted octanol–water partition coefficient (Wildman–Crippen LogP) is 4.13. The number of nitrogens with zero attached hydrogens (tertiary/aromatic N) is 1. The molecule has 0 saturated heterocycles. The minimum Gasteiger partial charge on any atom is -0.377 e. The molecule has 1 aromatic carbocycles. The number of benzene rings is 1. The van der Waals surface area contributed by atoms with Gasteiger partial charge in [0.1, 0.15) is 0 Å². The van der Waals surface area contributed by atoms with Crippen LogP contribution in [0.2, 0.25) is 0 Å². The second-order valence-electron chi connectivity index (χ2n) is 4.65. The quantitative estimate of drug-likeness (QED) is 0.869. The summed E-state index contributed by atoms with van der Waals surface area (Å²) in [5.41, 5.74) is 4.78. The predicted molar refractivity (Wildman–Crippen MR) is 76.8 cm³/mol. The topological polar surface area (TPSA) is 24.9 Å². The maximum absolute atomic E-state index is 4.29. The van der Waals surface area contributed by atoms with Crippen LogP contribution < -0.4 is 5.32 Å². The summed E-state index contributed by atoms with van der Waals surface area (Å²) < 4.78 is 0. The molecule has 1 unspecified atom stereocenters. The van der Waals surface area contributed by atoms with Crippen LogP contribution in [0.25, 0.3) is 0 Å². The smallest absolute Gasteiger partial charge is 0.0531 e. The van der Waals surface area contributed by atoms with Gasteiger partial charge in [-0.25, -0.2) is 0 Å². The summed E-state index contributed by atoms with van der Waals surface area (Å²) >= 11 is 0. The number of nitrogens with one attached hydrogen (secondary N) is 1. The molecule has 2 heteroatoms. The molecule has 0 aliphatic heterocycles. The molecule has 1 N–H and O–H groups in total. The zero-order valence-corrected chi connectivity index (χ0v) is 11.3. The minimum absolute atomic E-state index is 0.292. The minimum atomic E-state index is 0.292. The average molecular weight is 240 g/mol.